The van der Waals surface area contributed by atoms with Gasteiger partial charge in [-0.3, -0.25) is 4.79 Å². The van der Waals surface area contributed by atoms with E-state index in [1.54, 1.807) is 6.07 Å². The summed E-state index contributed by atoms with van der Waals surface area (Å²) in [6.45, 7) is 8.13. The summed E-state index contributed by atoms with van der Waals surface area (Å²) in [6, 6.07) is 5.43. The van der Waals surface area contributed by atoms with E-state index in [0.29, 0.717) is 30.4 Å². The second-order valence-electron chi connectivity index (χ2n) is 4.25. The Bertz CT molecular complexity index is 422. The molecule has 0 saturated heterocycles. The van der Waals surface area contributed by atoms with Crippen molar-refractivity contribution in [3.05, 3.63) is 18.2 Å². The van der Waals surface area contributed by atoms with Crippen LogP contribution in [0.1, 0.15) is 27.2 Å². The summed E-state index contributed by atoms with van der Waals surface area (Å²) in [5.41, 5.74) is 0.640. The van der Waals surface area contributed by atoms with Crippen LogP contribution >= 0.6 is 0 Å². The van der Waals surface area contributed by atoms with Crippen LogP contribution in [0.15, 0.2) is 18.2 Å². The summed E-state index contributed by atoms with van der Waals surface area (Å²) in [6.07, 6.45) is 0.997. The van der Waals surface area contributed by atoms with Gasteiger partial charge in [-0.15, -0.1) is 0 Å². The zero-order valence-electron chi connectivity index (χ0n) is 12.5. The lowest BCUT2D eigenvalue weighted by atomic mass is 10.2. The van der Waals surface area contributed by atoms with Gasteiger partial charge in [-0.1, -0.05) is 6.92 Å². The third-order valence-corrected chi connectivity index (χ3v) is 2.55. The molecule has 0 spiro atoms. The largest absolute Gasteiger partial charge is 0.494 e. The molecule has 2 N–H and O–H groups in total. The molecule has 1 amide bonds. The van der Waals surface area contributed by atoms with Crippen LogP contribution in [0.4, 0.5) is 5.69 Å². The summed E-state index contributed by atoms with van der Waals surface area (Å²) in [7, 11) is 0. The van der Waals surface area contributed by atoms with Crippen LogP contribution in [0.25, 0.3) is 0 Å². The van der Waals surface area contributed by atoms with Gasteiger partial charge >= 0.3 is 0 Å². The highest BCUT2D eigenvalue weighted by Gasteiger charge is 2.09. The van der Waals surface area contributed by atoms with Crippen LogP contribution in [0.2, 0.25) is 0 Å². The van der Waals surface area contributed by atoms with Crippen molar-refractivity contribution in [2.75, 3.05) is 31.6 Å². The molecule has 0 atom stereocenters. The highest BCUT2D eigenvalue weighted by Crippen LogP contribution is 2.29. The third-order valence-electron chi connectivity index (χ3n) is 2.55. The zero-order chi connectivity index (χ0) is 14.8. The smallest absolute Gasteiger partial charge is 0.238 e. The number of hydrogen-bond donors (Lipinski definition) is 2. The quantitative estimate of drug-likeness (QED) is 0.682. The van der Waals surface area contributed by atoms with E-state index in [-0.39, 0.29) is 12.5 Å². The molecule has 112 valence electrons. The Balaban J connectivity index is 2.72. The number of ether oxygens (including phenoxy) is 2. The van der Waals surface area contributed by atoms with Gasteiger partial charge < -0.3 is 20.1 Å². The SMILES string of the molecule is CCCNCC(=O)Nc1cc(OCC)ccc1OCC. The molecule has 0 unspecified atom stereocenters. The predicted octanol–water partition coefficient (Wildman–Crippen LogP) is 2.42. The molecule has 0 radical (unpaired) electrons. The van der Waals surface area contributed by atoms with Crippen molar-refractivity contribution < 1.29 is 14.3 Å². The lowest BCUT2D eigenvalue weighted by Crippen LogP contribution is -2.28. The molecule has 0 aromatic heterocycles. The Morgan fingerprint density at radius 2 is 1.90 bits per heavy atom. The first-order chi connectivity index (χ1) is 9.71. The van der Waals surface area contributed by atoms with Crippen molar-refractivity contribution in [2.24, 2.45) is 0 Å². The second-order valence-corrected chi connectivity index (χ2v) is 4.25. The molecule has 0 aliphatic heterocycles. The molecule has 0 bridgehead atoms. The molecule has 1 aromatic carbocycles. The minimum Gasteiger partial charge on any atom is -0.494 e. The van der Waals surface area contributed by atoms with E-state index in [9.17, 15) is 4.79 Å². The van der Waals surface area contributed by atoms with E-state index in [2.05, 4.69) is 17.6 Å². The number of amides is 1. The molecule has 1 rings (SSSR count). The van der Waals surface area contributed by atoms with Crippen molar-refractivity contribution in [1.82, 2.24) is 5.32 Å². The zero-order valence-corrected chi connectivity index (χ0v) is 12.5. The van der Waals surface area contributed by atoms with E-state index >= 15 is 0 Å². The number of rotatable bonds is 9. The van der Waals surface area contributed by atoms with Gasteiger partial charge in [0.25, 0.3) is 0 Å². The average Bonchev–Trinajstić information content (AvgIpc) is 2.42. The summed E-state index contributed by atoms with van der Waals surface area (Å²) in [4.78, 5) is 11.8. The number of nitrogens with one attached hydrogen (secondary N) is 2. The van der Waals surface area contributed by atoms with Gasteiger partial charge in [0.2, 0.25) is 5.91 Å². The molecule has 5 heteroatoms. The monoisotopic (exact) mass is 280 g/mol. The molecule has 0 fully saturated rings. The lowest BCUT2D eigenvalue weighted by molar-refractivity contribution is -0.115. The van der Waals surface area contributed by atoms with Crippen molar-refractivity contribution in [3.8, 4) is 11.5 Å². The molecular formula is C15H24N2O3. The van der Waals surface area contributed by atoms with E-state index in [4.69, 9.17) is 9.47 Å². The van der Waals surface area contributed by atoms with Gasteiger partial charge in [0, 0.05) is 6.07 Å². The van der Waals surface area contributed by atoms with Crippen LogP contribution in [-0.4, -0.2) is 32.2 Å². The fourth-order valence-electron chi connectivity index (χ4n) is 1.72. The molecule has 20 heavy (non-hydrogen) atoms. The maximum absolute atomic E-state index is 11.8. The highest BCUT2D eigenvalue weighted by molar-refractivity contribution is 5.93. The fraction of sp³-hybridized carbons (Fsp3) is 0.533. The van der Waals surface area contributed by atoms with Gasteiger partial charge in [-0.2, -0.15) is 0 Å². The van der Waals surface area contributed by atoms with Gasteiger partial charge in [0.1, 0.15) is 11.5 Å². The van der Waals surface area contributed by atoms with Crippen LogP contribution in [0.3, 0.4) is 0 Å². The number of carbonyl (C=O) groups excluding carboxylic acids is 1. The molecule has 0 heterocycles. The molecule has 0 aliphatic carbocycles. The number of hydrogen-bond acceptors (Lipinski definition) is 4. The first kappa shape index (κ1) is 16.3. The first-order valence-electron chi connectivity index (χ1n) is 7.11. The Labute approximate surface area is 120 Å². The first-order valence-corrected chi connectivity index (χ1v) is 7.11. The van der Waals surface area contributed by atoms with Crippen LogP contribution in [0.5, 0.6) is 11.5 Å². The Morgan fingerprint density at radius 3 is 2.55 bits per heavy atom. The highest BCUT2D eigenvalue weighted by atomic mass is 16.5. The summed E-state index contributed by atoms with van der Waals surface area (Å²) < 4.78 is 10.9. The average molecular weight is 280 g/mol. The minimum atomic E-state index is -0.0898. The van der Waals surface area contributed by atoms with Crippen molar-refractivity contribution in [1.29, 1.82) is 0 Å². The van der Waals surface area contributed by atoms with E-state index < -0.39 is 0 Å². The minimum absolute atomic E-state index is 0.0898. The Hall–Kier alpha value is -1.75. The number of benzene rings is 1. The van der Waals surface area contributed by atoms with E-state index in [1.807, 2.05) is 26.0 Å². The topological polar surface area (TPSA) is 59.6 Å². The van der Waals surface area contributed by atoms with Gasteiger partial charge in [-0.05, 0) is 38.9 Å². The molecule has 5 nitrogen and oxygen atoms in total. The Kier molecular flexibility index (Phi) is 7.50. The van der Waals surface area contributed by atoms with Crippen LogP contribution < -0.4 is 20.1 Å². The Morgan fingerprint density at radius 1 is 1.15 bits per heavy atom. The summed E-state index contributed by atoms with van der Waals surface area (Å²) in [5.74, 6) is 1.28. The van der Waals surface area contributed by atoms with Crippen LogP contribution in [-0.2, 0) is 4.79 Å². The molecule has 0 aliphatic rings. The molecular weight excluding hydrogens is 256 g/mol. The maximum Gasteiger partial charge on any atom is 0.238 e. The lowest BCUT2D eigenvalue weighted by Gasteiger charge is -2.13. The third kappa shape index (κ3) is 5.48. The number of anilines is 1. The van der Waals surface area contributed by atoms with Crippen molar-refractivity contribution in [2.45, 2.75) is 27.2 Å². The summed E-state index contributed by atoms with van der Waals surface area (Å²) >= 11 is 0. The van der Waals surface area contributed by atoms with Gasteiger partial charge in [-0.25, -0.2) is 0 Å². The normalized spacial score (nSPS) is 10.2. The summed E-state index contributed by atoms with van der Waals surface area (Å²) in [5, 5.41) is 5.91. The van der Waals surface area contributed by atoms with E-state index in [1.165, 1.54) is 0 Å². The molecule has 0 saturated carbocycles. The van der Waals surface area contributed by atoms with Crippen LogP contribution in [0, 0.1) is 0 Å². The van der Waals surface area contributed by atoms with Gasteiger partial charge in [0.05, 0.1) is 25.4 Å². The standard InChI is InChI=1S/C15H24N2O3/c1-4-9-16-11-15(18)17-13-10-12(19-5-2)7-8-14(13)20-6-3/h7-8,10,16H,4-6,9,11H2,1-3H3,(H,17,18). The maximum atomic E-state index is 11.8. The molecule has 1 aromatic rings. The predicted molar refractivity (Wildman–Crippen MR) is 80.6 cm³/mol. The van der Waals surface area contributed by atoms with E-state index in [0.717, 1.165) is 13.0 Å². The number of carbonyl (C=O) groups is 1. The van der Waals surface area contributed by atoms with Crippen molar-refractivity contribution in [3.63, 3.8) is 0 Å². The van der Waals surface area contributed by atoms with Crippen molar-refractivity contribution >= 4 is 11.6 Å². The van der Waals surface area contributed by atoms with Gasteiger partial charge in [0.15, 0.2) is 0 Å². The second kappa shape index (κ2) is 9.20. The fourth-order valence-corrected chi connectivity index (χ4v) is 1.72.